The number of anilines is 3. The molecule has 0 spiro atoms. The van der Waals surface area contributed by atoms with Gasteiger partial charge in [0.1, 0.15) is 5.75 Å². The molecule has 0 radical (unpaired) electrons. The molecule has 0 aromatic heterocycles. The van der Waals surface area contributed by atoms with Crippen LogP contribution in [0.3, 0.4) is 0 Å². The topological polar surface area (TPSA) is 98.5 Å². The summed E-state index contributed by atoms with van der Waals surface area (Å²) in [5.41, 5.74) is 2.01. The Morgan fingerprint density at radius 3 is 2.29 bits per heavy atom. The first-order valence-electron chi connectivity index (χ1n) is 9.00. The first-order valence-corrected chi connectivity index (χ1v) is 9.75. The number of carbonyl (C=O) groups is 1. The van der Waals surface area contributed by atoms with Crippen molar-refractivity contribution >= 4 is 52.1 Å². The van der Waals surface area contributed by atoms with Crippen molar-refractivity contribution in [2.75, 3.05) is 23.1 Å². The lowest BCUT2D eigenvalue weighted by molar-refractivity contribution is 0.102. The van der Waals surface area contributed by atoms with Crippen molar-refractivity contribution in [3.05, 3.63) is 82.3 Å². The molecule has 3 rings (SSSR count). The van der Waals surface area contributed by atoms with Crippen molar-refractivity contribution < 1.29 is 9.53 Å². The first-order chi connectivity index (χ1) is 15.0. The van der Waals surface area contributed by atoms with E-state index in [0.29, 0.717) is 38.4 Å². The van der Waals surface area contributed by atoms with E-state index < -0.39 is 0 Å². The van der Waals surface area contributed by atoms with Gasteiger partial charge in [0.2, 0.25) is 12.2 Å². The molecular formula is C22H17Cl2N5O2. The van der Waals surface area contributed by atoms with Crippen LogP contribution in [-0.2, 0) is 0 Å². The summed E-state index contributed by atoms with van der Waals surface area (Å²) in [6, 6.07) is 18.8. The van der Waals surface area contributed by atoms with Crippen LogP contribution in [0.15, 0.2) is 71.7 Å². The van der Waals surface area contributed by atoms with E-state index in [-0.39, 0.29) is 11.9 Å². The fourth-order valence-electron chi connectivity index (χ4n) is 2.70. The number of methoxy groups -OCH3 is 1. The van der Waals surface area contributed by atoms with Crippen LogP contribution in [0.2, 0.25) is 10.0 Å². The quantitative estimate of drug-likeness (QED) is 0.264. The van der Waals surface area contributed by atoms with E-state index in [1.54, 1.807) is 54.7 Å². The molecule has 0 aliphatic heterocycles. The highest BCUT2D eigenvalue weighted by Gasteiger charge is 2.13. The minimum atomic E-state index is -0.301. The Bertz CT molecular complexity index is 1140. The number of para-hydroxylation sites is 1. The van der Waals surface area contributed by atoms with Gasteiger partial charge in [-0.2, -0.15) is 5.26 Å². The molecule has 0 fully saturated rings. The molecule has 0 atom stereocenters. The molecule has 3 N–H and O–H groups in total. The standard InChI is InChI=1S/C22H17Cl2N5O2/c1-31-20-8-7-14(21(30)27-17-5-3-2-4-6-17)9-19(20)29-22(26-13-25)28-18-11-15(23)10-16(24)12-18/h2-12H,1H3,(H,27,30)(H2,26,28,29). The Morgan fingerprint density at radius 1 is 0.935 bits per heavy atom. The molecule has 0 heterocycles. The molecule has 0 bridgehead atoms. The molecular weight excluding hydrogens is 437 g/mol. The molecule has 7 nitrogen and oxygen atoms in total. The lowest BCUT2D eigenvalue weighted by Gasteiger charge is -2.15. The van der Waals surface area contributed by atoms with E-state index in [1.165, 1.54) is 7.11 Å². The highest BCUT2D eigenvalue weighted by Crippen LogP contribution is 2.27. The van der Waals surface area contributed by atoms with Gasteiger partial charge in [0.25, 0.3) is 5.91 Å². The van der Waals surface area contributed by atoms with E-state index >= 15 is 0 Å². The summed E-state index contributed by atoms with van der Waals surface area (Å²) in [7, 11) is 1.50. The van der Waals surface area contributed by atoms with Crippen LogP contribution in [-0.4, -0.2) is 19.0 Å². The second-order valence-electron chi connectivity index (χ2n) is 6.20. The van der Waals surface area contributed by atoms with Gasteiger partial charge in [-0.25, -0.2) is 0 Å². The molecule has 0 aliphatic carbocycles. The number of guanidine groups is 1. The van der Waals surface area contributed by atoms with Crippen molar-refractivity contribution in [3.8, 4) is 11.9 Å². The first kappa shape index (κ1) is 22.0. The number of nitrogens with one attached hydrogen (secondary N) is 3. The second kappa shape index (κ2) is 10.3. The summed E-state index contributed by atoms with van der Waals surface area (Å²) in [4.78, 5) is 16.4. The number of hydrogen-bond acceptors (Lipinski definition) is 4. The molecule has 3 aromatic rings. The molecule has 0 saturated carbocycles. The summed E-state index contributed by atoms with van der Waals surface area (Å²) in [5.74, 6) is 0.248. The zero-order valence-corrected chi connectivity index (χ0v) is 17.8. The maximum absolute atomic E-state index is 12.6. The predicted octanol–water partition coefficient (Wildman–Crippen LogP) is 5.62. The Morgan fingerprint density at radius 2 is 1.65 bits per heavy atom. The van der Waals surface area contributed by atoms with Crippen LogP contribution in [0, 0.1) is 11.5 Å². The molecule has 0 unspecified atom stereocenters. The van der Waals surface area contributed by atoms with Gasteiger partial charge in [-0.15, -0.1) is 4.99 Å². The highest BCUT2D eigenvalue weighted by atomic mass is 35.5. The van der Waals surface area contributed by atoms with Crippen molar-refractivity contribution in [3.63, 3.8) is 0 Å². The Kier molecular flexibility index (Phi) is 7.33. The van der Waals surface area contributed by atoms with Crippen LogP contribution in [0.4, 0.5) is 17.1 Å². The molecule has 31 heavy (non-hydrogen) atoms. The number of halogens is 2. The lowest BCUT2D eigenvalue weighted by atomic mass is 10.1. The number of benzene rings is 3. The Hall–Kier alpha value is -3.73. The Labute approximate surface area is 189 Å². The molecule has 1 amide bonds. The van der Waals surface area contributed by atoms with E-state index in [9.17, 15) is 4.79 Å². The monoisotopic (exact) mass is 453 g/mol. The van der Waals surface area contributed by atoms with Crippen molar-refractivity contribution in [1.29, 1.82) is 5.26 Å². The molecule has 0 aliphatic rings. The van der Waals surface area contributed by atoms with Crippen molar-refractivity contribution in [2.45, 2.75) is 0 Å². The fourth-order valence-corrected chi connectivity index (χ4v) is 3.23. The van der Waals surface area contributed by atoms with Gasteiger partial charge < -0.3 is 20.7 Å². The highest BCUT2D eigenvalue weighted by molar-refractivity contribution is 6.35. The summed E-state index contributed by atoms with van der Waals surface area (Å²) >= 11 is 12.1. The number of nitrogens with zero attached hydrogens (tertiary/aromatic N) is 2. The van der Waals surface area contributed by atoms with Crippen LogP contribution < -0.4 is 20.7 Å². The van der Waals surface area contributed by atoms with Crippen LogP contribution in [0.5, 0.6) is 5.75 Å². The largest absolute Gasteiger partial charge is 0.495 e. The molecule has 0 saturated heterocycles. The number of nitriles is 1. The number of amides is 1. The van der Waals surface area contributed by atoms with Gasteiger partial charge in [-0.3, -0.25) is 4.79 Å². The zero-order chi connectivity index (χ0) is 22.2. The second-order valence-corrected chi connectivity index (χ2v) is 7.08. The van der Waals surface area contributed by atoms with Crippen LogP contribution in [0.25, 0.3) is 0 Å². The summed E-state index contributed by atoms with van der Waals surface area (Å²) in [5, 5.41) is 18.6. The average Bonchev–Trinajstić information content (AvgIpc) is 2.74. The minimum Gasteiger partial charge on any atom is -0.495 e. The van der Waals surface area contributed by atoms with E-state index in [2.05, 4.69) is 20.9 Å². The van der Waals surface area contributed by atoms with Gasteiger partial charge in [-0.1, -0.05) is 41.4 Å². The normalized spacial score (nSPS) is 10.7. The number of carbonyl (C=O) groups excluding carboxylic acids is 1. The number of hydrogen-bond donors (Lipinski definition) is 3. The third-order valence-corrected chi connectivity index (χ3v) is 4.47. The van der Waals surface area contributed by atoms with Gasteiger partial charge in [0.15, 0.2) is 0 Å². The summed E-state index contributed by atoms with van der Waals surface area (Å²) < 4.78 is 5.36. The predicted molar refractivity (Wildman–Crippen MR) is 124 cm³/mol. The van der Waals surface area contributed by atoms with Gasteiger partial charge in [-0.05, 0) is 48.5 Å². The third-order valence-electron chi connectivity index (χ3n) is 4.03. The molecule has 156 valence electrons. The van der Waals surface area contributed by atoms with Crippen molar-refractivity contribution in [2.24, 2.45) is 4.99 Å². The minimum absolute atomic E-state index is 0.0970. The van der Waals surface area contributed by atoms with Gasteiger partial charge >= 0.3 is 0 Å². The zero-order valence-electron chi connectivity index (χ0n) is 16.3. The van der Waals surface area contributed by atoms with Crippen molar-refractivity contribution in [1.82, 2.24) is 0 Å². The number of ether oxygens (including phenoxy) is 1. The SMILES string of the molecule is COc1ccc(C(=O)Nc2ccccc2)cc1N/C(=N/C#N)Nc1cc(Cl)cc(Cl)c1. The lowest BCUT2D eigenvalue weighted by Crippen LogP contribution is -2.22. The maximum Gasteiger partial charge on any atom is 0.255 e. The third kappa shape index (κ3) is 6.12. The summed E-state index contributed by atoms with van der Waals surface area (Å²) in [6.45, 7) is 0. The number of aliphatic imine (C=N–C) groups is 1. The van der Waals surface area contributed by atoms with Gasteiger partial charge in [0.05, 0.1) is 12.8 Å². The van der Waals surface area contributed by atoms with E-state index in [0.717, 1.165) is 0 Å². The Balaban J connectivity index is 1.85. The average molecular weight is 454 g/mol. The number of rotatable bonds is 5. The van der Waals surface area contributed by atoms with E-state index in [4.69, 9.17) is 33.2 Å². The maximum atomic E-state index is 12.6. The van der Waals surface area contributed by atoms with E-state index in [1.807, 2.05) is 18.2 Å². The van der Waals surface area contributed by atoms with Crippen LogP contribution >= 0.6 is 23.2 Å². The van der Waals surface area contributed by atoms with Gasteiger partial charge in [0, 0.05) is 27.0 Å². The molecule has 9 heteroatoms. The fraction of sp³-hybridized carbons (Fsp3) is 0.0455. The summed E-state index contributed by atoms with van der Waals surface area (Å²) in [6.07, 6.45) is 1.72. The molecule has 3 aromatic carbocycles. The van der Waals surface area contributed by atoms with Crippen LogP contribution in [0.1, 0.15) is 10.4 Å². The smallest absolute Gasteiger partial charge is 0.255 e.